The first kappa shape index (κ1) is 21.3. The number of benzene rings is 1. The first-order chi connectivity index (χ1) is 15.0. The number of nitrogens with zero attached hydrogens (tertiary/aromatic N) is 3. The summed E-state index contributed by atoms with van der Waals surface area (Å²) in [5.74, 6) is 0.692. The van der Waals surface area contributed by atoms with E-state index in [0.29, 0.717) is 38.4 Å². The molecule has 2 aromatic rings. The Hall–Kier alpha value is -2.89. The number of piperidine rings is 2. The van der Waals surface area contributed by atoms with Crippen molar-refractivity contribution in [3.8, 4) is 0 Å². The first-order valence-corrected chi connectivity index (χ1v) is 11.3. The van der Waals surface area contributed by atoms with Gasteiger partial charge in [0.1, 0.15) is 5.56 Å². The summed E-state index contributed by atoms with van der Waals surface area (Å²) in [5, 5.41) is 0. The zero-order chi connectivity index (χ0) is 21.8. The molecule has 0 spiro atoms. The van der Waals surface area contributed by atoms with Crippen molar-refractivity contribution < 1.29 is 9.59 Å². The second-order valence-electron chi connectivity index (χ2n) is 8.91. The number of rotatable bonds is 4. The summed E-state index contributed by atoms with van der Waals surface area (Å²) in [6, 6.07) is 13.1. The van der Waals surface area contributed by atoms with Gasteiger partial charge in [0, 0.05) is 38.3 Å². The van der Waals surface area contributed by atoms with Crippen molar-refractivity contribution in [2.75, 3.05) is 26.2 Å². The van der Waals surface area contributed by atoms with E-state index in [4.69, 9.17) is 0 Å². The van der Waals surface area contributed by atoms with E-state index in [1.54, 1.807) is 27.8 Å². The Labute approximate surface area is 183 Å². The molecule has 2 saturated heterocycles. The van der Waals surface area contributed by atoms with E-state index in [1.165, 1.54) is 0 Å². The predicted molar refractivity (Wildman–Crippen MR) is 120 cm³/mol. The second-order valence-corrected chi connectivity index (χ2v) is 8.91. The van der Waals surface area contributed by atoms with Gasteiger partial charge in [-0.25, -0.2) is 0 Å². The number of hydrogen-bond donors (Lipinski definition) is 0. The molecule has 0 atom stereocenters. The van der Waals surface area contributed by atoms with Gasteiger partial charge in [-0.1, -0.05) is 37.3 Å². The smallest absolute Gasteiger partial charge is 0.263 e. The fraction of sp³-hybridized carbons (Fsp3) is 0.480. The van der Waals surface area contributed by atoms with E-state index in [1.807, 2.05) is 35.2 Å². The highest BCUT2D eigenvalue weighted by Gasteiger charge is 2.32. The molecule has 3 heterocycles. The Kier molecular flexibility index (Phi) is 6.54. The molecule has 1 aromatic carbocycles. The van der Waals surface area contributed by atoms with Gasteiger partial charge < -0.3 is 14.4 Å². The quantitative estimate of drug-likeness (QED) is 0.762. The van der Waals surface area contributed by atoms with Crippen LogP contribution < -0.4 is 5.56 Å². The molecule has 164 valence electrons. The Morgan fingerprint density at radius 2 is 1.52 bits per heavy atom. The summed E-state index contributed by atoms with van der Waals surface area (Å²) in [6.45, 7) is 5.42. The van der Waals surface area contributed by atoms with Gasteiger partial charge in [-0.15, -0.1) is 0 Å². The van der Waals surface area contributed by atoms with Gasteiger partial charge in [0.05, 0.1) is 6.54 Å². The minimum Gasteiger partial charge on any atom is -0.342 e. The summed E-state index contributed by atoms with van der Waals surface area (Å²) < 4.78 is 1.58. The van der Waals surface area contributed by atoms with Gasteiger partial charge in [0.25, 0.3) is 11.5 Å². The van der Waals surface area contributed by atoms with Crippen LogP contribution in [0.2, 0.25) is 0 Å². The summed E-state index contributed by atoms with van der Waals surface area (Å²) in [6.07, 6.45) is 5.21. The monoisotopic (exact) mass is 421 g/mol. The van der Waals surface area contributed by atoms with Crippen molar-refractivity contribution in [1.29, 1.82) is 0 Å². The fourth-order valence-electron chi connectivity index (χ4n) is 4.59. The summed E-state index contributed by atoms with van der Waals surface area (Å²) in [5.41, 5.74) is 0.950. The third-order valence-electron chi connectivity index (χ3n) is 6.67. The molecule has 0 aliphatic carbocycles. The molecule has 2 fully saturated rings. The van der Waals surface area contributed by atoms with E-state index in [-0.39, 0.29) is 28.9 Å². The highest BCUT2D eigenvalue weighted by molar-refractivity contribution is 5.94. The number of likely N-dealkylation sites (tertiary alicyclic amines) is 2. The van der Waals surface area contributed by atoms with Crippen LogP contribution in [-0.4, -0.2) is 52.4 Å². The molecule has 0 radical (unpaired) electrons. The number of hydrogen-bond acceptors (Lipinski definition) is 3. The van der Waals surface area contributed by atoms with Crippen molar-refractivity contribution in [3.05, 3.63) is 70.1 Å². The number of amides is 2. The Morgan fingerprint density at radius 1 is 0.871 bits per heavy atom. The van der Waals surface area contributed by atoms with Gasteiger partial charge in [-0.3, -0.25) is 14.4 Å². The van der Waals surface area contributed by atoms with Crippen molar-refractivity contribution in [1.82, 2.24) is 14.4 Å². The predicted octanol–water partition coefficient (Wildman–Crippen LogP) is 3.01. The van der Waals surface area contributed by atoms with Crippen LogP contribution in [0.3, 0.4) is 0 Å². The van der Waals surface area contributed by atoms with Gasteiger partial charge in [-0.05, 0) is 49.3 Å². The average Bonchev–Trinajstić information content (AvgIpc) is 2.81. The molecular weight excluding hydrogens is 390 g/mol. The molecule has 2 aliphatic rings. The van der Waals surface area contributed by atoms with Gasteiger partial charge >= 0.3 is 0 Å². The second kappa shape index (κ2) is 9.50. The van der Waals surface area contributed by atoms with Gasteiger partial charge in [0.2, 0.25) is 5.91 Å². The lowest BCUT2D eigenvalue weighted by Gasteiger charge is -2.36. The lowest BCUT2D eigenvalue weighted by atomic mass is 9.92. The fourth-order valence-corrected chi connectivity index (χ4v) is 4.59. The molecule has 6 heteroatoms. The maximum atomic E-state index is 13.1. The van der Waals surface area contributed by atoms with Crippen molar-refractivity contribution in [2.45, 2.75) is 39.2 Å². The minimum atomic E-state index is -0.267. The van der Waals surface area contributed by atoms with Crippen LogP contribution in [0.1, 0.15) is 48.5 Å². The zero-order valence-electron chi connectivity index (χ0n) is 18.2. The Morgan fingerprint density at radius 3 is 2.19 bits per heavy atom. The van der Waals surface area contributed by atoms with Crippen LogP contribution in [0.15, 0.2) is 53.5 Å². The molecule has 31 heavy (non-hydrogen) atoms. The van der Waals surface area contributed by atoms with E-state index >= 15 is 0 Å². The SMILES string of the molecule is CC1CCN(C(=O)C2CCN(C(=O)c3cccn(Cc4ccccc4)c3=O)CC2)CC1. The Bertz CT molecular complexity index is 969. The van der Waals surface area contributed by atoms with E-state index in [9.17, 15) is 14.4 Å². The summed E-state index contributed by atoms with van der Waals surface area (Å²) in [7, 11) is 0. The molecule has 1 aromatic heterocycles. The van der Waals surface area contributed by atoms with Crippen LogP contribution in [-0.2, 0) is 11.3 Å². The van der Waals surface area contributed by atoms with Crippen LogP contribution >= 0.6 is 0 Å². The van der Waals surface area contributed by atoms with Gasteiger partial charge in [-0.2, -0.15) is 0 Å². The number of carbonyl (C=O) groups excluding carboxylic acids is 2. The molecule has 6 nitrogen and oxygen atoms in total. The zero-order valence-corrected chi connectivity index (χ0v) is 18.2. The largest absolute Gasteiger partial charge is 0.342 e. The Balaban J connectivity index is 1.38. The van der Waals surface area contributed by atoms with Crippen molar-refractivity contribution >= 4 is 11.8 Å². The highest BCUT2D eigenvalue weighted by atomic mass is 16.2. The van der Waals surface area contributed by atoms with Crippen LogP contribution in [0, 0.1) is 11.8 Å². The van der Waals surface area contributed by atoms with E-state index in [2.05, 4.69) is 6.92 Å². The van der Waals surface area contributed by atoms with Crippen LogP contribution in [0.4, 0.5) is 0 Å². The molecule has 0 saturated carbocycles. The molecule has 0 bridgehead atoms. The standard InChI is InChI=1S/C25H31N3O3/c1-19-9-14-26(15-10-19)23(29)21-11-16-27(17-12-21)24(30)22-8-5-13-28(25(22)31)18-20-6-3-2-4-7-20/h2-8,13,19,21H,9-12,14-18H2,1H3. The first-order valence-electron chi connectivity index (χ1n) is 11.3. The third-order valence-corrected chi connectivity index (χ3v) is 6.67. The third kappa shape index (κ3) is 4.89. The average molecular weight is 422 g/mol. The summed E-state index contributed by atoms with van der Waals surface area (Å²) >= 11 is 0. The number of pyridine rings is 1. The maximum Gasteiger partial charge on any atom is 0.263 e. The van der Waals surface area contributed by atoms with Crippen LogP contribution in [0.5, 0.6) is 0 Å². The maximum absolute atomic E-state index is 13.1. The number of carbonyl (C=O) groups is 2. The highest BCUT2D eigenvalue weighted by Crippen LogP contribution is 2.24. The number of aromatic nitrogens is 1. The molecule has 0 N–H and O–H groups in total. The molecular formula is C25H31N3O3. The summed E-state index contributed by atoms with van der Waals surface area (Å²) in [4.78, 5) is 42.6. The lowest BCUT2D eigenvalue weighted by molar-refractivity contribution is -0.138. The molecule has 2 amide bonds. The molecule has 4 rings (SSSR count). The van der Waals surface area contributed by atoms with E-state index in [0.717, 1.165) is 31.5 Å². The van der Waals surface area contributed by atoms with Crippen molar-refractivity contribution in [3.63, 3.8) is 0 Å². The molecule has 2 aliphatic heterocycles. The lowest BCUT2D eigenvalue weighted by Crippen LogP contribution is -2.47. The molecule has 0 unspecified atom stereocenters. The van der Waals surface area contributed by atoms with E-state index < -0.39 is 0 Å². The van der Waals surface area contributed by atoms with Crippen molar-refractivity contribution in [2.24, 2.45) is 11.8 Å². The van der Waals surface area contributed by atoms with Crippen LogP contribution in [0.25, 0.3) is 0 Å². The minimum absolute atomic E-state index is 0.0111. The topological polar surface area (TPSA) is 62.6 Å². The normalized spacial score (nSPS) is 18.2. The van der Waals surface area contributed by atoms with Gasteiger partial charge in [0.15, 0.2) is 0 Å².